The number of hydrogen-bond acceptors (Lipinski definition) is 3. The fraction of sp³-hybridized carbons (Fsp3) is 0.429. The highest BCUT2D eigenvalue weighted by Crippen LogP contribution is 2.19. The Kier molecular flexibility index (Phi) is 7.35. The molecule has 0 bridgehead atoms. The van der Waals surface area contributed by atoms with Crippen LogP contribution in [-0.4, -0.2) is 19.8 Å². The Balaban J connectivity index is 2.68. The molecule has 0 saturated heterocycles. The molecule has 0 aliphatic heterocycles. The van der Waals surface area contributed by atoms with E-state index in [4.69, 9.17) is 15.0 Å². The van der Waals surface area contributed by atoms with E-state index in [1.807, 2.05) is 50.3 Å². The molecule has 1 rings (SSSR count). The molecule has 0 heterocycles. The van der Waals surface area contributed by atoms with E-state index < -0.39 is 0 Å². The third kappa shape index (κ3) is 5.57. The molecular formula is C14H19N3O2. The molecule has 0 radical (unpaired) electrons. The van der Waals surface area contributed by atoms with Gasteiger partial charge in [-0.15, -0.1) is 0 Å². The standard InChI is InChI=1S/C14H19N3O2/c1-3-18-14(19-4-2)13-9-7-12(8-10-13)6-5-11-16-17-15/h5-10,14H,3-4,11H2,1-2H3. The van der Waals surface area contributed by atoms with E-state index in [0.717, 1.165) is 11.1 Å². The summed E-state index contributed by atoms with van der Waals surface area (Å²) in [7, 11) is 0. The van der Waals surface area contributed by atoms with Crippen molar-refractivity contribution >= 4 is 6.08 Å². The van der Waals surface area contributed by atoms with Crippen LogP contribution in [0.1, 0.15) is 31.3 Å². The van der Waals surface area contributed by atoms with E-state index in [9.17, 15) is 0 Å². The molecule has 0 atom stereocenters. The number of azide groups is 1. The van der Waals surface area contributed by atoms with Crippen LogP contribution in [0.2, 0.25) is 0 Å². The van der Waals surface area contributed by atoms with Crippen molar-refractivity contribution in [1.82, 2.24) is 0 Å². The quantitative estimate of drug-likeness (QED) is 0.306. The molecule has 0 aliphatic rings. The Morgan fingerprint density at radius 3 is 2.37 bits per heavy atom. The van der Waals surface area contributed by atoms with Crippen LogP contribution in [-0.2, 0) is 9.47 Å². The summed E-state index contributed by atoms with van der Waals surface area (Å²) in [5.74, 6) is 0. The molecule has 1 aromatic rings. The lowest BCUT2D eigenvalue weighted by Crippen LogP contribution is -2.08. The van der Waals surface area contributed by atoms with Crippen LogP contribution in [0.4, 0.5) is 0 Å². The number of hydrogen-bond donors (Lipinski definition) is 0. The van der Waals surface area contributed by atoms with Gasteiger partial charge in [0.25, 0.3) is 0 Å². The Morgan fingerprint density at radius 2 is 1.84 bits per heavy atom. The van der Waals surface area contributed by atoms with E-state index in [0.29, 0.717) is 19.8 Å². The van der Waals surface area contributed by atoms with Gasteiger partial charge in [-0.2, -0.15) is 0 Å². The maximum absolute atomic E-state index is 8.16. The number of ether oxygens (including phenoxy) is 2. The predicted molar refractivity (Wildman–Crippen MR) is 75.5 cm³/mol. The molecule has 1 aromatic carbocycles. The van der Waals surface area contributed by atoms with E-state index in [2.05, 4.69) is 10.0 Å². The van der Waals surface area contributed by atoms with Crippen molar-refractivity contribution in [3.8, 4) is 0 Å². The SMILES string of the molecule is CCOC(OCC)c1ccc(C=CCN=[N+]=[N-])cc1. The Labute approximate surface area is 113 Å². The lowest BCUT2D eigenvalue weighted by molar-refractivity contribution is -0.140. The Morgan fingerprint density at radius 1 is 1.21 bits per heavy atom. The lowest BCUT2D eigenvalue weighted by Gasteiger charge is -2.17. The molecule has 5 nitrogen and oxygen atoms in total. The molecule has 0 spiro atoms. The number of nitrogens with zero attached hydrogens (tertiary/aromatic N) is 3. The van der Waals surface area contributed by atoms with E-state index in [1.54, 1.807) is 0 Å². The Hall–Kier alpha value is -1.81. The molecule has 0 unspecified atom stereocenters. The third-order valence-electron chi connectivity index (χ3n) is 2.41. The van der Waals surface area contributed by atoms with Gasteiger partial charge >= 0.3 is 0 Å². The highest BCUT2D eigenvalue weighted by Gasteiger charge is 2.10. The molecule has 0 fully saturated rings. The Bertz CT molecular complexity index is 431. The van der Waals surface area contributed by atoms with Gasteiger partial charge in [0.1, 0.15) is 0 Å². The van der Waals surface area contributed by atoms with E-state index >= 15 is 0 Å². The van der Waals surface area contributed by atoms with Crippen molar-refractivity contribution in [2.45, 2.75) is 20.1 Å². The molecule has 0 aromatic heterocycles. The first-order chi connectivity index (χ1) is 9.31. The summed E-state index contributed by atoms with van der Waals surface area (Å²) in [6, 6.07) is 7.91. The van der Waals surface area contributed by atoms with Crippen LogP contribution in [0.3, 0.4) is 0 Å². The minimum absolute atomic E-state index is 0.309. The average molecular weight is 261 g/mol. The van der Waals surface area contributed by atoms with Crippen molar-refractivity contribution in [1.29, 1.82) is 0 Å². The van der Waals surface area contributed by atoms with Gasteiger partial charge in [-0.3, -0.25) is 0 Å². The molecule has 0 amide bonds. The van der Waals surface area contributed by atoms with Gasteiger partial charge in [0.05, 0.1) is 0 Å². The van der Waals surface area contributed by atoms with Crippen LogP contribution in [0.5, 0.6) is 0 Å². The minimum atomic E-state index is -0.309. The molecular weight excluding hydrogens is 242 g/mol. The van der Waals surface area contributed by atoms with Crippen LogP contribution < -0.4 is 0 Å². The third-order valence-corrected chi connectivity index (χ3v) is 2.41. The van der Waals surface area contributed by atoms with Crippen LogP contribution in [0.15, 0.2) is 35.5 Å². The van der Waals surface area contributed by atoms with Crippen LogP contribution in [0.25, 0.3) is 16.5 Å². The van der Waals surface area contributed by atoms with Crippen molar-refractivity contribution in [2.75, 3.05) is 19.8 Å². The zero-order valence-corrected chi connectivity index (χ0v) is 11.3. The van der Waals surface area contributed by atoms with E-state index in [1.165, 1.54) is 0 Å². The first-order valence-corrected chi connectivity index (χ1v) is 6.32. The van der Waals surface area contributed by atoms with Gasteiger partial charge in [0, 0.05) is 30.2 Å². The zero-order chi connectivity index (χ0) is 13.9. The highest BCUT2D eigenvalue weighted by atomic mass is 16.7. The van der Waals surface area contributed by atoms with Crippen molar-refractivity contribution in [3.05, 3.63) is 51.9 Å². The second-order valence-electron chi connectivity index (χ2n) is 3.73. The predicted octanol–water partition coefficient (Wildman–Crippen LogP) is 4.08. The second-order valence-corrected chi connectivity index (χ2v) is 3.73. The maximum atomic E-state index is 8.16. The molecule has 5 heteroatoms. The van der Waals surface area contributed by atoms with E-state index in [-0.39, 0.29) is 6.29 Å². The summed E-state index contributed by atoms with van der Waals surface area (Å²) < 4.78 is 11.1. The number of benzene rings is 1. The molecule has 19 heavy (non-hydrogen) atoms. The normalized spacial score (nSPS) is 10.9. The molecule has 0 N–H and O–H groups in total. The summed E-state index contributed by atoms with van der Waals surface area (Å²) in [6.45, 7) is 5.47. The van der Waals surface area contributed by atoms with Crippen molar-refractivity contribution in [2.24, 2.45) is 5.11 Å². The van der Waals surface area contributed by atoms with Crippen LogP contribution in [0, 0.1) is 0 Å². The fourth-order valence-corrected chi connectivity index (χ4v) is 1.58. The topological polar surface area (TPSA) is 67.2 Å². The van der Waals surface area contributed by atoms with Crippen molar-refractivity contribution in [3.63, 3.8) is 0 Å². The minimum Gasteiger partial charge on any atom is -0.349 e. The maximum Gasteiger partial charge on any atom is 0.183 e. The van der Waals surface area contributed by atoms with Gasteiger partial charge in [-0.05, 0) is 24.9 Å². The molecule has 0 aliphatic carbocycles. The van der Waals surface area contributed by atoms with Gasteiger partial charge in [0.2, 0.25) is 0 Å². The lowest BCUT2D eigenvalue weighted by atomic mass is 10.1. The average Bonchev–Trinajstić information content (AvgIpc) is 2.44. The smallest absolute Gasteiger partial charge is 0.183 e. The van der Waals surface area contributed by atoms with Gasteiger partial charge < -0.3 is 9.47 Å². The zero-order valence-electron chi connectivity index (χ0n) is 11.3. The van der Waals surface area contributed by atoms with Gasteiger partial charge in [-0.25, -0.2) is 0 Å². The summed E-state index contributed by atoms with van der Waals surface area (Å²) in [6.07, 6.45) is 3.42. The van der Waals surface area contributed by atoms with Crippen LogP contribution >= 0.6 is 0 Å². The van der Waals surface area contributed by atoms with Gasteiger partial charge in [-0.1, -0.05) is 41.5 Å². The van der Waals surface area contributed by atoms with Gasteiger partial charge in [0.15, 0.2) is 6.29 Å². The first kappa shape index (κ1) is 15.2. The summed E-state index contributed by atoms with van der Waals surface area (Å²) in [4.78, 5) is 2.69. The molecule has 102 valence electrons. The molecule has 0 saturated carbocycles. The second kappa shape index (κ2) is 9.16. The highest BCUT2D eigenvalue weighted by molar-refractivity contribution is 5.49. The summed E-state index contributed by atoms with van der Waals surface area (Å²) in [5.41, 5.74) is 10.2. The number of rotatable bonds is 8. The largest absolute Gasteiger partial charge is 0.349 e. The monoisotopic (exact) mass is 261 g/mol. The summed E-state index contributed by atoms with van der Waals surface area (Å²) >= 11 is 0. The fourth-order valence-electron chi connectivity index (χ4n) is 1.58. The van der Waals surface area contributed by atoms with Crippen molar-refractivity contribution < 1.29 is 9.47 Å². The summed E-state index contributed by atoms with van der Waals surface area (Å²) in [5, 5.41) is 3.44. The first-order valence-electron chi connectivity index (χ1n) is 6.32.